The summed E-state index contributed by atoms with van der Waals surface area (Å²) in [4.78, 5) is 23.6. The lowest BCUT2D eigenvalue weighted by molar-refractivity contribution is -0.122. The van der Waals surface area contributed by atoms with Crippen molar-refractivity contribution in [2.75, 3.05) is 7.05 Å². The van der Waals surface area contributed by atoms with Crippen LogP contribution < -0.4 is 10.6 Å². The second-order valence-corrected chi connectivity index (χ2v) is 5.79. The lowest BCUT2D eigenvalue weighted by atomic mass is 10.0. The van der Waals surface area contributed by atoms with E-state index in [1.807, 2.05) is 0 Å². The molecular weight excluding hydrogens is 294 g/mol. The molecule has 2 N–H and O–H groups in total. The van der Waals surface area contributed by atoms with Gasteiger partial charge in [0.1, 0.15) is 23.3 Å². The number of rotatable bonds is 4. The van der Waals surface area contributed by atoms with Gasteiger partial charge in [-0.2, -0.15) is 0 Å². The molecule has 0 radical (unpaired) electrons. The molecule has 0 aliphatic heterocycles. The third-order valence-corrected chi connectivity index (χ3v) is 2.62. The van der Waals surface area contributed by atoms with Crippen LogP contribution in [-0.2, 0) is 16.0 Å². The fourth-order valence-corrected chi connectivity index (χ4v) is 1.80. The molecule has 0 aliphatic carbocycles. The van der Waals surface area contributed by atoms with E-state index in [1.165, 1.54) is 7.05 Å². The van der Waals surface area contributed by atoms with Gasteiger partial charge in [-0.1, -0.05) is 0 Å². The lowest BCUT2D eigenvalue weighted by Gasteiger charge is -2.23. The third kappa shape index (κ3) is 6.07. The summed E-state index contributed by atoms with van der Waals surface area (Å²) >= 11 is 0. The number of benzene rings is 1. The molecule has 1 unspecified atom stereocenters. The molecule has 1 rings (SSSR count). The zero-order chi connectivity index (χ0) is 16.9. The zero-order valence-corrected chi connectivity index (χ0v) is 13.0. The number of alkyl carbamates (subject to hydrolysis) is 1. The zero-order valence-electron chi connectivity index (χ0n) is 13.0. The molecule has 5 nitrogen and oxygen atoms in total. The number of likely N-dealkylation sites (N-methyl/N-ethyl adjacent to an activating group) is 1. The Morgan fingerprint density at radius 1 is 1.18 bits per heavy atom. The largest absolute Gasteiger partial charge is 0.444 e. The van der Waals surface area contributed by atoms with Crippen LogP contribution in [0.4, 0.5) is 13.6 Å². The highest BCUT2D eigenvalue weighted by Crippen LogP contribution is 2.11. The van der Waals surface area contributed by atoms with Crippen molar-refractivity contribution in [2.24, 2.45) is 0 Å². The minimum absolute atomic E-state index is 0.0619. The summed E-state index contributed by atoms with van der Waals surface area (Å²) in [5, 5.41) is 4.78. The minimum Gasteiger partial charge on any atom is -0.444 e. The van der Waals surface area contributed by atoms with Crippen molar-refractivity contribution in [3.8, 4) is 0 Å². The average molecular weight is 314 g/mol. The van der Waals surface area contributed by atoms with Gasteiger partial charge in [-0.05, 0) is 38.5 Å². The molecule has 122 valence electrons. The van der Waals surface area contributed by atoms with Gasteiger partial charge in [0, 0.05) is 19.5 Å². The van der Waals surface area contributed by atoms with Gasteiger partial charge in [0.25, 0.3) is 0 Å². The lowest BCUT2D eigenvalue weighted by Crippen LogP contribution is -2.48. The van der Waals surface area contributed by atoms with Crippen LogP contribution in [0.2, 0.25) is 0 Å². The SMILES string of the molecule is CNC(=O)C(Cc1cc(F)cc(F)c1)NC(=O)OC(C)(C)C. The van der Waals surface area contributed by atoms with Gasteiger partial charge in [-0.15, -0.1) is 0 Å². The molecule has 0 saturated carbocycles. The molecule has 7 heteroatoms. The molecule has 2 amide bonds. The van der Waals surface area contributed by atoms with Crippen LogP contribution in [0.5, 0.6) is 0 Å². The maximum Gasteiger partial charge on any atom is 0.408 e. The van der Waals surface area contributed by atoms with E-state index in [1.54, 1.807) is 20.8 Å². The minimum atomic E-state index is -0.999. The fourth-order valence-electron chi connectivity index (χ4n) is 1.80. The van der Waals surface area contributed by atoms with Crippen molar-refractivity contribution in [3.63, 3.8) is 0 Å². The molecule has 0 aromatic heterocycles. The van der Waals surface area contributed by atoms with Crippen LogP contribution in [0.25, 0.3) is 0 Å². The van der Waals surface area contributed by atoms with Crippen LogP contribution in [-0.4, -0.2) is 30.7 Å². The Morgan fingerprint density at radius 2 is 1.73 bits per heavy atom. The smallest absolute Gasteiger partial charge is 0.408 e. The number of amides is 2. The van der Waals surface area contributed by atoms with Crippen molar-refractivity contribution in [3.05, 3.63) is 35.4 Å². The first-order valence-electron chi connectivity index (χ1n) is 6.77. The Kier molecular flexibility index (Phi) is 5.84. The summed E-state index contributed by atoms with van der Waals surface area (Å²) < 4.78 is 31.5. The highest BCUT2D eigenvalue weighted by Gasteiger charge is 2.24. The second-order valence-electron chi connectivity index (χ2n) is 5.79. The maximum absolute atomic E-state index is 13.2. The summed E-state index contributed by atoms with van der Waals surface area (Å²) in [6.45, 7) is 5.05. The maximum atomic E-state index is 13.2. The van der Waals surface area contributed by atoms with Crippen molar-refractivity contribution >= 4 is 12.0 Å². The summed E-state index contributed by atoms with van der Waals surface area (Å²) in [6.07, 6.45) is -0.842. The molecule has 1 aromatic carbocycles. The number of halogens is 2. The van der Waals surface area contributed by atoms with Gasteiger partial charge in [0.05, 0.1) is 0 Å². The molecule has 0 fully saturated rings. The van der Waals surface area contributed by atoms with Crippen LogP contribution in [0.3, 0.4) is 0 Å². The highest BCUT2D eigenvalue weighted by atomic mass is 19.1. The quantitative estimate of drug-likeness (QED) is 0.895. The van der Waals surface area contributed by atoms with Crippen molar-refractivity contribution in [1.29, 1.82) is 0 Å². The summed E-state index contributed by atoms with van der Waals surface area (Å²) in [5.74, 6) is -1.98. The molecule has 1 aromatic rings. The van der Waals surface area contributed by atoms with E-state index in [4.69, 9.17) is 4.74 Å². The van der Waals surface area contributed by atoms with Crippen LogP contribution in [0.1, 0.15) is 26.3 Å². The molecule has 22 heavy (non-hydrogen) atoms. The van der Waals surface area contributed by atoms with Gasteiger partial charge >= 0.3 is 6.09 Å². The first-order chi connectivity index (χ1) is 10.1. The number of hydrogen-bond acceptors (Lipinski definition) is 3. The standard InChI is InChI=1S/C15H20F2N2O3/c1-15(2,3)22-14(21)19-12(13(20)18-4)7-9-5-10(16)8-11(17)6-9/h5-6,8,12H,7H2,1-4H3,(H,18,20)(H,19,21). The van der Waals surface area contributed by atoms with Crippen LogP contribution in [0, 0.1) is 11.6 Å². The average Bonchev–Trinajstić information content (AvgIpc) is 2.33. The predicted octanol–water partition coefficient (Wildman–Crippen LogP) is 2.15. The molecule has 1 atom stereocenters. The van der Waals surface area contributed by atoms with Crippen LogP contribution in [0.15, 0.2) is 18.2 Å². The van der Waals surface area contributed by atoms with Gasteiger partial charge < -0.3 is 15.4 Å². The van der Waals surface area contributed by atoms with E-state index in [0.717, 1.165) is 18.2 Å². The Hall–Kier alpha value is -2.18. The van der Waals surface area contributed by atoms with E-state index in [2.05, 4.69) is 10.6 Å². The first-order valence-corrected chi connectivity index (χ1v) is 6.77. The van der Waals surface area contributed by atoms with Crippen molar-refractivity contribution < 1.29 is 23.1 Å². The Morgan fingerprint density at radius 3 is 2.18 bits per heavy atom. The Bertz CT molecular complexity index is 536. The summed E-state index contributed by atoms with van der Waals surface area (Å²) in [6, 6.07) is 1.95. The normalized spacial score (nSPS) is 12.5. The molecule has 0 saturated heterocycles. The molecule has 0 aliphatic rings. The van der Waals surface area contributed by atoms with Gasteiger partial charge in [0.15, 0.2) is 0 Å². The molecular formula is C15H20F2N2O3. The molecule has 0 spiro atoms. The van der Waals surface area contributed by atoms with Crippen molar-refractivity contribution in [1.82, 2.24) is 10.6 Å². The second kappa shape index (κ2) is 7.20. The molecule has 0 bridgehead atoms. The highest BCUT2D eigenvalue weighted by molar-refractivity contribution is 5.85. The van der Waals surface area contributed by atoms with Gasteiger partial charge in [-0.25, -0.2) is 13.6 Å². The monoisotopic (exact) mass is 314 g/mol. The first kappa shape index (κ1) is 17.9. The summed E-state index contributed by atoms with van der Waals surface area (Å²) in [7, 11) is 1.40. The number of ether oxygens (including phenoxy) is 1. The van der Waals surface area contributed by atoms with Gasteiger partial charge in [-0.3, -0.25) is 4.79 Å². The molecule has 0 heterocycles. The number of nitrogens with one attached hydrogen (secondary N) is 2. The van der Waals surface area contributed by atoms with Gasteiger partial charge in [0.2, 0.25) is 5.91 Å². The Labute approximate surface area is 128 Å². The Balaban J connectivity index is 2.85. The third-order valence-electron chi connectivity index (χ3n) is 2.62. The fraction of sp³-hybridized carbons (Fsp3) is 0.467. The van der Waals surface area contributed by atoms with E-state index in [0.29, 0.717) is 0 Å². The topological polar surface area (TPSA) is 67.4 Å². The number of carbonyl (C=O) groups excluding carboxylic acids is 2. The van der Waals surface area contributed by atoms with Crippen molar-refractivity contribution in [2.45, 2.75) is 38.8 Å². The van der Waals surface area contributed by atoms with Crippen LogP contribution >= 0.6 is 0 Å². The van der Waals surface area contributed by atoms with E-state index >= 15 is 0 Å². The predicted molar refractivity (Wildman–Crippen MR) is 77.3 cm³/mol. The number of carbonyl (C=O) groups is 2. The number of hydrogen-bond donors (Lipinski definition) is 2. The van der Waals surface area contributed by atoms with E-state index in [9.17, 15) is 18.4 Å². The van der Waals surface area contributed by atoms with E-state index in [-0.39, 0.29) is 12.0 Å². The summed E-state index contributed by atoms with van der Waals surface area (Å²) in [5.41, 5.74) is -0.468. The van der Waals surface area contributed by atoms with E-state index < -0.39 is 35.3 Å².